The molecule has 1 heterocycles. The summed E-state index contributed by atoms with van der Waals surface area (Å²) in [5.41, 5.74) is 2.00. The summed E-state index contributed by atoms with van der Waals surface area (Å²) in [7, 11) is 0. The molecule has 1 saturated heterocycles. The van der Waals surface area contributed by atoms with Gasteiger partial charge in [-0.3, -0.25) is 9.59 Å². The van der Waals surface area contributed by atoms with Gasteiger partial charge in [0.1, 0.15) is 18.2 Å². The summed E-state index contributed by atoms with van der Waals surface area (Å²) in [5, 5.41) is 35.0. The maximum absolute atomic E-state index is 13.6. The first-order valence-electron chi connectivity index (χ1n) is 22.8. The molecule has 0 aliphatic carbocycles. The highest BCUT2D eigenvalue weighted by atomic mass is 16.6. The molecule has 10 nitrogen and oxygen atoms in total. The van der Waals surface area contributed by atoms with Crippen LogP contribution in [0.3, 0.4) is 0 Å². The Hall–Kier alpha value is -2.86. The number of carbonyl (C=O) groups excluding carboxylic acids is 2. The number of hydrogen-bond acceptors (Lipinski definition) is 9. The number of aliphatic hydroxyl groups is 3. The van der Waals surface area contributed by atoms with Crippen LogP contribution in [0.2, 0.25) is 0 Å². The minimum atomic E-state index is -1.63. The molecule has 1 aliphatic heterocycles. The zero-order chi connectivity index (χ0) is 41.6. The van der Waals surface area contributed by atoms with E-state index in [0.717, 1.165) is 49.7 Å². The van der Waals surface area contributed by atoms with E-state index in [-0.39, 0.29) is 18.9 Å². The molecule has 7 atom stereocenters. The molecule has 2 aromatic carbocycles. The maximum Gasteiger partial charge on any atom is 0.308 e. The SMILES string of the molecule is CCCCCCCCCCC[C@H](CC(=O)N[C@@H]1[C@@H](OC(=O)C[C@@H](CCCCCCCCCCC)OCc2ccccc2)[C@H](O)[C@@H](CO)O[C@@H]1O)OCc1ccccc1. The van der Waals surface area contributed by atoms with Gasteiger partial charge in [-0.15, -0.1) is 0 Å². The first kappa shape index (κ1) is 49.5. The van der Waals surface area contributed by atoms with Gasteiger partial charge >= 0.3 is 5.97 Å². The van der Waals surface area contributed by atoms with Gasteiger partial charge in [-0.2, -0.15) is 0 Å². The van der Waals surface area contributed by atoms with Crippen molar-refractivity contribution in [3.8, 4) is 0 Å². The minimum Gasteiger partial charge on any atom is -0.457 e. The van der Waals surface area contributed by atoms with Gasteiger partial charge in [0, 0.05) is 0 Å². The van der Waals surface area contributed by atoms with E-state index in [4.69, 9.17) is 18.9 Å². The molecule has 0 radical (unpaired) electrons. The number of amides is 1. The lowest BCUT2D eigenvalue weighted by Gasteiger charge is -2.42. The van der Waals surface area contributed by atoms with Crippen LogP contribution in [0.4, 0.5) is 0 Å². The molecule has 0 aromatic heterocycles. The monoisotopic (exact) mass is 812 g/mol. The maximum atomic E-state index is 13.6. The normalized spacial score (nSPS) is 20.4. The number of ether oxygens (including phenoxy) is 4. The third-order valence-electron chi connectivity index (χ3n) is 11.2. The van der Waals surface area contributed by atoms with E-state index in [9.17, 15) is 24.9 Å². The predicted octanol–water partition coefficient (Wildman–Crippen LogP) is 9.25. The Morgan fingerprint density at radius 2 is 1.07 bits per heavy atom. The topological polar surface area (TPSA) is 144 Å². The van der Waals surface area contributed by atoms with E-state index in [1.807, 2.05) is 60.7 Å². The van der Waals surface area contributed by atoms with Gasteiger partial charge in [0.05, 0.1) is 44.9 Å². The molecule has 0 bridgehead atoms. The van der Waals surface area contributed by atoms with E-state index >= 15 is 0 Å². The average Bonchev–Trinajstić information content (AvgIpc) is 3.23. The number of esters is 1. The van der Waals surface area contributed by atoms with Crippen molar-refractivity contribution in [2.24, 2.45) is 0 Å². The summed E-state index contributed by atoms with van der Waals surface area (Å²) in [6, 6.07) is 18.3. The summed E-state index contributed by atoms with van der Waals surface area (Å²) < 4.78 is 23.9. The van der Waals surface area contributed by atoms with Crippen LogP contribution in [-0.4, -0.2) is 76.7 Å². The van der Waals surface area contributed by atoms with Crippen LogP contribution in [-0.2, 0) is 41.8 Å². The highest BCUT2D eigenvalue weighted by molar-refractivity contribution is 5.77. The standard InChI is InChI=1S/C48H77NO9/c1-3-5-7-9-11-13-15-17-25-31-40(55-36-38-27-21-19-22-28-38)33-43(51)49-45-47(46(53)42(35-50)57-48(45)54)58-44(52)34-41(56-37-39-29-23-20-24-30-39)32-26-18-16-14-12-10-8-6-4-2/h19-24,27-30,40-42,45-48,50,53-54H,3-18,25-26,31-37H2,1-2H3,(H,49,51)/t40-,41-,42-,45-,46-,47-,48+/m1/s1. The summed E-state index contributed by atoms with van der Waals surface area (Å²) in [4.78, 5) is 27.2. The Morgan fingerprint density at radius 1 is 0.638 bits per heavy atom. The minimum absolute atomic E-state index is 0.0153. The van der Waals surface area contributed by atoms with Crippen molar-refractivity contribution in [1.82, 2.24) is 5.32 Å². The third-order valence-corrected chi connectivity index (χ3v) is 11.2. The van der Waals surface area contributed by atoms with Crippen LogP contribution >= 0.6 is 0 Å². The largest absolute Gasteiger partial charge is 0.457 e. The molecule has 58 heavy (non-hydrogen) atoms. The van der Waals surface area contributed by atoms with Crippen LogP contribution in [0.25, 0.3) is 0 Å². The van der Waals surface area contributed by atoms with Crippen LogP contribution in [0, 0.1) is 0 Å². The van der Waals surface area contributed by atoms with Crippen LogP contribution in [0.1, 0.15) is 166 Å². The molecule has 0 unspecified atom stereocenters. The lowest BCUT2D eigenvalue weighted by molar-refractivity contribution is -0.259. The molecule has 328 valence electrons. The Balaban J connectivity index is 1.60. The number of rotatable bonds is 33. The van der Waals surface area contributed by atoms with Gasteiger partial charge in [0.15, 0.2) is 12.4 Å². The molecule has 1 fully saturated rings. The first-order chi connectivity index (χ1) is 28.3. The van der Waals surface area contributed by atoms with Crippen molar-refractivity contribution in [2.45, 2.75) is 211 Å². The van der Waals surface area contributed by atoms with Crippen molar-refractivity contribution < 1.29 is 43.9 Å². The van der Waals surface area contributed by atoms with Gasteiger partial charge < -0.3 is 39.6 Å². The molecule has 0 saturated carbocycles. The number of carbonyl (C=O) groups is 2. The summed E-state index contributed by atoms with van der Waals surface area (Å²) in [5.74, 6) is -1.05. The van der Waals surface area contributed by atoms with Gasteiger partial charge in [-0.1, -0.05) is 190 Å². The van der Waals surface area contributed by atoms with Gasteiger partial charge in [-0.25, -0.2) is 0 Å². The summed E-state index contributed by atoms with van der Waals surface area (Å²) in [6.45, 7) is 4.54. The van der Waals surface area contributed by atoms with Crippen LogP contribution < -0.4 is 5.32 Å². The zero-order valence-corrected chi connectivity index (χ0v) is 35.8. The number of nitrogens with one attached hydrogen (secondary N) is 1. The Bertz CT molecular complexity index is 1310. The highest BCUT2D eigenvalue weighted by Crippen LogP contribution is 2.25. The fourth-order valence-corrected chi connectivity index (χ4v) is 7.65. The van der Waals surface area contributed by atoms with Gasteiger partial charge in [0.2, 0.25) is 5.91 Å². The fraction of sp³-hybridized carbons (Fsp3) is 0.708. The molecule has 2 aromatic rings. The number of hydrogen-bond donors (Lipinski definition) is 4. The molecule has 10 heteroatoms. The number of benzene rings is 2. The van der Waals surface area contributed by atoms with Gasteiger partial charge in [0.25, 0.3) is 0 Å². The van der Waals surface area contributed by atoms with E-state index in [1.165, 1.54) is 77.0 Å². The second-order valence-electron chi connectivity index (χ2n) is 16.3. The smallest absolute Gasteiger partial charge is 0.308 e. The first-order valence-corrected chi connectivity index (χ1v) is 22.8. The second kappa shape index (κ2) is 31.1. The van der Waals surface area contributed by atoms with E-state index in [1.54, 1.807) is 0 Å². The third kappa shape index (κ3) is 20.9. The fourth-order valence-electron chi connectivity index (χ4n) is 7.65. The summed E-state index contributed by atoms with van der Waals surface area (Å²) in [6.07, 6.45) is 16.1. The molecular weight excluding hydrogens is 735 g/mol. The molecule has 3 rings (SSSR count). The van der Waals surface area contributed by atoms with Crippen molar-refractivity contribution in [3.63, 3.8) is 0 Å². The molecule has 4 N–H and O–H groups in total. The lowest BCUT2D eigenvalue weighted by Crippen LogP contribution is -2.65. The number of unbranched alkanes of at least 4 members (excludes halogenated alkanes) is 16. The van der Waals surface area contributed by atoms with Crippen LogP contribution in [0.5, 0.6) is 0 Å². The highest BCUT2D eigenvalue weighted by Gasteiger charge is 2.47. The van der Waals surface area contributed by atoms with Crippen molar-refractivity contribution >= 4 is 11.9 Å². The van der Waals surface area contributed by atoms with Crippen LogP contribution in [0.15, 0.2) is 60.7 Å². The Kier molecular flexibility index (Phi) is 26.5. The zero-order valence-electron chi connectivity index (χ0n) is 35.8. The lowest BCUT2D eigenvalue weighted by atomic mass is 9.96. The van der Waals surface area contributed by atoms with Crippen molar-refractivity contribution in [2.75, 3.05) is 6.61 Å². The quantitative estimate of drug-likeness (QED) is 0.0410. The second-order valence-corrected chi connectivity index (χ2v) is 16.3. The van der Waals surface area contributed by atoms with E-state index in [2.05, 4.69) is 19.2 Å². The predicted molar refractivity (Wildman–Crippen MR) is 229 cm³/mol. The van der Waals surface area contributed by atoms with Crippen molar-refractivity contribution in [3.05, 3.63) is 71.8 Å². The van der Waals surface area contributed by atoms with Gasteiger partial charge in [-0.05, 0) is 24.0 Å². The molecular formula is C48H77NO9. The Labute approximate surface area is 349 Å². The average molecular weight is 812 g/mol. The molecule has 1 amide bonds. The van der Waals surface area contributed by atoms with Crippen molar-refractivity contribution in [1.29, 1.82) is 0 Å². The summed E-state index contributed by atoms with van der Waals surface area (Å²) >= 11 is 0. The Morgan fingerprint density at radius 3 is 1.52 bits per heavy atom. The molecule has 0 spiro atoms. The molecule has 1 aliphatic rings. The number of aliphatic hydroxyl groups excluding tert-OH is 3. The van der Waals surface area contributed by atoms with E-state index in [0.29, 0.717) is 26.1 Å². The van der Waals surface area contributed by atoms with E-state index < -0.39 is 55.2 Å².